The molecule has 0 atom stereocenters. The second-order valence-corrected chi connectivity index (χ2v) is 6.74. The predicted molar refractivity (Wildman–Crippen MR) is 89.5 cm³/mol. The Labute approximate surface area is 137 Å². The fourth-order valence-electron chi connectivity index (χ4n) is 1.84. The van der Waals surface area contributed by atoms with Gasteiger partial charge in [-0.05, 0) is 37.8 Å². The van der Waals surface area contributed by atoms with Crippen molar-refractivity contribution in [2.75, 3.05) is 6.54 Å². The molecule has 0 aliphatic rings. The first-order chi connectivity index (χ1) is 10.2. The average Bonchev–Trinajstić information content (AvgIpc) is 2.45. The minimum absolute atomic E-state index is 0.259. The third-order valence-electron chi connectivity index (χ3n) is 3.54. The van der Waals surface area contributed by atoms with Gasteiger partial charge in [0.15, 0.2) is 0 Å². The molecule has 1 aromatic carbocycles. The molecule has 0 bridgehead atoms. The van der Waals surface area contributed by atoms with Gasteiger partial charge in [0, 0.05) is 18.1 Å². The number of carbonyl (C=O) groups excluding carboxylic acids is 2. The molecular formula is C17H25ClN2O2. The molecule has 0 radical (unpaired) electrons. The molecule has 0 fully saturated rings. The molecule has 0 saturated carbocycles. The van der Waals surface area contributed by atoms with Gasteiger partial charge < -0.3 is 10.6 Å². The zero-order valence-corrected chi connectivity index (χ0v) is 14.5. The Morgan fingerprint density at radius 1 is 1.14 bits per heavy atom. The zero-order valence-electron chi connectivity index (χ0n) is 13.7. The summed E-state index contributed by atoms with van der Waals surface area (Å²) in [6.07, 6.45) is 0.892. The molecule has 5 heteroatoms. The molecule has 122 valence electrons. The van der Waals surface area contributed by atoms with E-state index >= 15 is 0 Å². The zero-order chi connectivity index (χ0) is 16.8. The Morgan fingerprint density at radius 3 is 2.32 bits per heavy atom. The lowest BCUT2D eigenvalue weighted by Gasteiger charge is -2.23. The maximum Gasteiger partial charge on any atom is 0.235 e. The highest BCUT2D eigenvalue weighted by Gasteiger charge is 2.35. The Kier molecular flexibility index (Phi) is 6.88. The lowest BCUT2D eigenvalue weighted by atomic mass is 9.90. The first-order valence-electron chi connectivity index (χ1n) is 7.55. The van der Waals surface area contributed by atoms with Crippen molar-refractivity contribution in [3.63, 3.8) is 0 Å². The van der Waals surface area contributed by atoms with E-state index in [4.69, 9.17) is 11.6 Å². The van der Waals surface area contributed by atoms with Crippen molar-refractivity contribution >= 4 is 23.4 Å². The van der Waals surface area contributed by atoms with Crippen LogP contribution in [-0.4, -0.2) is 18.4 Å². The number of benzene rings is 1. The lowest BCUT2D eigenvalue weighted by molar-refractivity contribution is -0.141. The van der Waals surface area contributed by atoms with Gasteiger partial charge in [0.2, 0.25) is 11.8 Å². The van der Waals surface area contributed by atoms with Crippen LogP contribution in [0.1, 0.15) is 39.7 Å². The quantitative estimate of drug-likeness (QED) is 0.757. The molecule has 1 rings (SSSR count). The summed E-state index contributed by atoms with van der Waals surface area (Å²) in [5.74, 6) is -0.0586. The maximum atomic E-state index is 12.3. The molecule has 0 unspecified atom stereocenters. The van der Waals surface area contributed by atoms with Crippen molar-refractivity contribution in [1.29, 1.82) is 0 Å². The van der Waals surface area contributed by atoms with Crippen molar-refractivity contribution in [3.8, 4) is 0 Å². The van der Waals surface area contributed by atoms with E-state index in [2.05, 4.69) is 24.5 Å². The van der Waals surface area contributed by atoms with Gasteiger partial charge in [-0.15, -0.1) is 0 Å². The highest BCUT2D eigenvalue weighted by atomic mass is 35.5. The van der Waals surface area contributed by atoms with Gasteiger partial charge in [0.05, 0.1) is 0 Å². The molecule has 0 heterocycles. The van der Waals surface area contributed by atoms with E-state index in [9.17, 15) is 9.59 Å². The average molecular weight is 325 g/mol. The van der Waals surface area contributed by atoms with Gasteiger partial charge >= 0.3 is 0 Å². The largest absolute Gasteiger partial charge is 0.355 e. The number of hydrogen-bond acceptors (Lipinski definition) is 2. The van der Waals surface area contributed by atoms with E-state index in [0.717, 1.165) is 12.0 Å². The summed E-state index contributed by atoms with van der Waals surface area (Å²) in [5.41, 5.74) is -0.286. The summed E-state index contributed by atoms with van der Waals surface area (Å²) in [6, 6.07) is 7.31. The Morgan fingerprint density at radius 2 is 1.73 bits per heavy atom. The summed E-state index contributed by atoms with van der Waals surface area (Å²) >= 11 is 6.05. The number of hydrogen-bond donors (Lipinski definition) is 2. The number of halogens is 1. The van der Waals surface area contributed by atoms with Crippen LogP contribution in [0, 0.1) is 11.3 Å². The summed E-state index contributed by atoms with van der Waals surface area (Å²) in [5, 5.41) is 6.19. The summed E-state index contributed by atoms with van der Waals surface area (Å²) in [7, 11) is 0. The molecular weight excluding hydrogens is 300 g/mol. The van der Waals surface area contributed by atoms with Crippen molar-refractivity contribution < 1.29 is 9.59 Å². The Balaban J connectivity index is 2.55. The standard InChI is InChI=1S/C17H25ClN2O2/c1-12(2)9-10-19-15(21)17(3,4)16(22)20-11-13-7-5-6-8-14(13)18/h5-8,12H,9-11H2,1-4H3,(H,19,21)(H,20,22). The topological polar surface area (TPSA) is 58.2 Å². The van der Waals surface area contributed by atoms with E-state index in [1.165, 1.54) is 0 Å². The molecule has 22 heavy (non-hydrogen) atoms. The van der Waals surface area contributed by atoms with Gasteiger partial charge in [-0.25, -0.2) is 0 Å². The van der Waals surface area contributed by atoms with Crippen LogP contribution in [0.5, 0.6) is 0 Å². The van der Waals surface area contributed by atoms with Crippen molar-refractivity contribution in [2.24, 2.45) is 11.3 Å². The molecule has 2 amide bonds. The normalized spacial score (nSPS) is 11.4. The van der Waals surface area contributed by atoms with Gasteiger partial charge in [-0.3, -0.25) is 9.59 Å². The molecule has 0 spiro atoms. The fraction of sp³-hybridized carbons (Fsp3) is 0.529. The van der Waals surface area contributed by atoms with Gasteiger partial charge in [0.1, 0.15) is 5.41 Å². The number of carbonyl (C=O) groups is 2. The van der Waals surface area contributed by atoms with E-state index in [1.54, 1.807) is 19.9 Å². The van der Waals surface area contributed by atoms with Gasteiger partial charge in [-0.2, -0.15) is 0 Å². The van der Waals surface area contributed by atoms with Crippen LogP contribution in [0.15, 0.2) is 24.3 Å². The number of nitrogens with one attached hydrogen (secondary N) is 2. The summed E-state index contributed by atoms with van der Waals surface area (Å²) < 4.78 is 0. The van der Waals surface area contributed by atoms with Crippen molar-refractivity contribution in [1.82, 2.24) is 10.6 Å². The van der Waals surface area contributed by atoms with Crippen LogP contribution < -0.4 is 10.6 Å². The lowest BCUT2D eigenvalue weighted by Crippen LogP contribution is -2.48. The van der Waals surface area contributed by atoms with Crippen molar-refractivity contribution in [2.45, 2.75) is 40.7 Å². The molecule has 0 saturated heterocycles. The summed E-state index contributed by atoms with van der Waals surface area (Å²) in [4.78, 5) is 24.4. The van der Waals surface area contributed by atoms with E-state index < -0.39 is 5.41 Å². The monoisotopic (exact) mass is 324 g/mol. The second kappa shape index (κ2) is 8.18. The number of rotatable bonds is 7. The fourth-order valence-corrected chi connectivity index (χ4v) is 2.04. The second-order valence-electron chi connectivity index (χ2n) is 6.34. The van der Waals surface area contributed by atoms with Crippen LogP contribution in [0.2, 0.25) is 5.02 Å². The molecule has 0 aliphatic heterocycles. The van der Waals surface area contributed by atoms with Crippen LogP contribution in [-0.2, 0) is 16.1 Å². The SMILES string of the molecule is CC(C)CCNC(=O)C(C)(C)C(=O)NCc1ccccc1Cl. The summed E-state index contributed by atoms with van der Waals surface area (Å²) in [6.45, 7) is 8.32. The smallest absolute Gasteiger partial charge is 0.235 e. The Hall–Kier alpha value is -1.55. The van der Waals surface area contributed by atoms with Crippen LogP contribution in [0.4, 0.5) is 0 Å². The van der Waals surface area contributed by atoms with Gasteiger partial charge in [-0.1, -0.05) is 43.6 Å². The van der Waals surface area contributed by atoms with E-state index in [1.807, 2.05) is 18.2 Å². The minimum atomic E-state index is -1.11. The van der Waals surface area contributed by atoms with E-state index in [-0.39, 0.29) is 11.8 Å². The van der Waals surface area contributed by atoms with Crippen LogP contribution >= 0.6 is 11.6 Å². The van der Waals surface area contributed by atoms with Crippen LogP contribution in [0.25, 0.3) is 0 Å². The molecule has 1 aromatic rings. The van der Waals surface area contributed by atoms with E-state index in [0.29, 0.717) is 24.0 Å². The van der Waals surface area contributed by atoms with Crippen molar-refractivity contribution in [3.05, 3.63) is 34.9 Å². The molecule has 2 N–H and O–H groups in total. The predicted octanol–water partition coefficient (Wildman–Crippen LogP) is 3.14. The number of amides is 2. The molecule has 0 aromatic heterocycles. The third-order valence-corrected chi connectivity index (χ3v) is 3.91. The first kappa shape index (κ1) is 18.5. The van der Waals surface area contributed by atoms with Gasteiger partial charge in [0.25, 0.3) is 0 Å². The highest BCUT2D eigenvalue weighted by molar-refractivity contribution is 6.31. The molecule has 0 aliphatic carbocycles. The molecule has 4 nitrogen and oxygen atoms in total. The van der Waals surface area contributed by atoms with Crippen LogP contribution in [0.3, 0.4) is 0 Å². The maximum absolute atomic E-state index is 12.3. The highest BCUT2D eigenvalue weighted by Crippen LogP contribution is 2.18. The Bertz CT molecular complexity index is 527. The third kappa shape index (κ3) is 5.34. The minimum Gasteiger partial charge on any atom is -0.355 e. The first-order valence-corrected chi connectivity index (χ1v) is 7.93.